The van der Waals surface area contributed by atoms with Crippen LogP contribution in [0.25, 0.3) is 10.9 Å². The van der Waals surface area contributed by atoms with Crippen LogP contribution in [0.1, 0.15) is 5.56 Å². The molecule has 0 saturated carbocycles. The number of carbonyl (C=O) groups is 1. The molecule has 2 aliphatic heterocycles. The van der Waals surface area contributed by atoms with Gasteiger partial charge in [-0.25, -0.2) is 0 Å². The van der Waals surface area contributed by atoms with Gasteiger partial charge in [0.15, 0.2) is 0 Å². The van der Waals surface area contributed by atoms with E-state index in [1.165, 1.54) is 16.5 Å². The first-order valence-electron chi connectivity index (χ1n) is 8.16. The maximum Gasteiger partial charge on any atom is 0.312 e. The van der Waals surface area contributed by atoms with Crippen LogP contribution in [-0.4, -0.2) is 58.7 Å². The third-order valence-corrected chi connectivity index (χ3v) is 5.63. The predicted molar refractivity (Wildman–Crippen MR) is 89.3 cm³/mol. The van der Waals surface area contributed by atoms with Crippen molar-refractivity contribution >= 4 is 16.9 Å². The van der Waals surface area contributed by atoms with Gasteiger partial charge in [0.2, 0.25) is 0 Å². The van der Waals surface area contributed by atoms with Gasteiger partial charge in [-0.2, -0.15) is 0 Å². The van der Waals surface area contributed by atoms with Crippen molar-refractivity contribution in [3.05, 3.63) is 36.0 Å². The van der Waals surface area contributed by atoms with E-state index in [1.54, 1.807) is 0 Å². The van der Waals surface area contributed by atoms with Gasteiger partial charge in [-0.1, -0.05) is 6.07 Å². The van der Waals surface area contributed by atoms with Crippen LogP contribution in [0, 0.1) is 11.3 Å². The van der Waals surface area contributed by atoms with Crippen LogP contribution in [0.4, 0.5) is 0 Å². The van der Waals surface area contributed by atoms with Crippen LogP contribution in [0.2, 0.25) is 0 Å². The normalized spacial score (nSPS) is 28.5. The molecule has 23 heavy (non-hydrogen) atoms. The summed E-state index contributed by atoms with van der Waals surface area (Å²) in [5.74, 6) is -0.390. The van der Waals surface area contributed by atoms with E-state index in [1.807, 2.05) is 7.05 Å². The van der Waals surface area contributed by atoms with Crippen LogP contribution < -0.4 is 0 Å². The summed E-state index contributed by atoms with van der Waals surface area (Å²) in [7, 11) is 4.08. The molecule has 0 spiro atoms. The highest BCUT2D eigenvalue weighted by Crippen LogP contribution is 2.42. The molecule has 5 nitrogen and oxygen atoms in total. The highest BCUT2D eigenvalue weighted by molar-refractivity contribution is 5.80. The Hall–Kier alpha value is -1.85. The average Bonchev–Trinajstić information content (AvgIpc) is 3.10. The van der Waals surface area contributed by atoms with Gasteiger partial charge in [0.05, 0.1) is 5.41 Å². The maximum atomic E-state index is 11.9. The van der Waals surface area contributed by atoms with E-state index in [2.05, 4.69) is 51.9 Å². The second-order valence-electron chi connectivity index (χ2n) is 7.34. The summed E-state index contributed by atoms with van der Waals surface area (Å²) in [6.45, 7) is 3.93. The van der Waals surface area contributed by atoms with Crippen molar-refractivity contribution < 1.29 is 9.90 Å². The fraction of sp³-hybridized carbons (Fsp3) is 0.500. The van der Waals surface area contributed by atoms with E-state index >= 15 is 0 Å². The van der Waals surface area contributed by atoms with Gasteiger partial charge in [-0.05, 0) is 36.2 Å². The lowest BCUT2D eigenvalue weighted by atomic mass is 9.81. The van der Waals surface area contributed by atoms with E-state index < -0.39 is 11.4 Å². The molecule has 0 aliphatic carbocycles. The lowest BCUT2D eigenvalue weighted by molar-refractivity contribution is -0.148. The fourth-order valence-corrected chi connectivity index (χ4v) is 4.53. The molecule has 2 atom stereocenters. The Morgan fingerprint density at radius 1 is 1.26 bits per heavy atom. The number of nitrogens with zero attached hydrogens (tertiary/aromatic N) is 3. The number of aromatic nitrogens is 1. The average molecular weight is 313 g/mol. The van der Waals surface area contributed by atoms with E-state index in [0.717, 1.165) is 19.6 Å². The van der Waals surface area contributed by atoms with E-state index in [9.17, 15) is 9.90 Å². The molecule has 1 aromatic carbocycles. The van der Waals surface area contributed by atoms with Crippen molar-refractivity contribution in [3.8, 4) is 0 Å². The van der Waals surface area contributed by atoms with Crippen LogP contribution in [0.5, 0.6) is 0 Å². The molecule has 3 heterocycles. The maximum absolute atomic E-state index is 11.9. The van der Waals surface area contributed by atoms with Crippen molar-refractivity contribution in [1.29, 1.82) is 0 Å². The number of fused-ring (bicyclic) bond motifs is 2. The first-order chi connectivity index (χ1) is 11.0. The van der Waals surface area contributed by atoms with Gasteiger partial charge in [0.25, 0.3) is 0 Å². The zero-order valence-corrected chi connectivity index (χ0v) is 13.7. The van der Waals surface area contributed by atoms with Crippen molar-refractivity contribution in [2.24, 2.45) is 18.4 Å². The Labute approximate surface area is 136 Å². The zero-order chi connectivity index (χ0) is 16.2. The summed E-state index contributed by atoms with van der Waals surface area (Å²) in [5.41, 5.74) is 1.92. The number of hydrogen-bond donors (Lipinski definition) is 1. The van der Waals surface area contributed by atoms with Crippen LogP contribution in [-0.2, 0) is 18.4 Å². The largest absolute Gasteiger partial charge is 0.481 e. The third kappa shape index (κ3) is 2.26. The number of likely N-dealkylation sites (tertiary alicyclic amines) is 2. The number of aliphatic carboxylic acids is 1. The number of rotatable bonds is 3. The minimum absolute atomic E-state index is 0.241. The quantitative estimate of drug-likeness (QED) is 0.936. The summed E-state index contributed by atoms with van der Waals surface area (Å²) in [5, 5.41) is 11.0. The van der Waals surface area contributed by atoms with E-state index in [0.29, 0.717) is 13.1 Å². The Bertz CT molecular complexity index is 769. The molecule has 2 aliphatic rings. The molecule has 1 aromatic heterocycles. The summed E-state index contributed by atoms with van der Waals surface area (Å²) in [6.07, 6.45) is 2.07. The number of carboxylic acids is 1. The molecular formula is C18H23N3O2. The summed E-state index contributed by atoms with van der Waals surface area (Å²) in [4.78, 5) is 16.3. The lowest BCUT2D eigenvalue weighted by Crippen LogP contribution is -2.40. The number of aryl methyl sites for hydroxylation is 1. The molecule has 1 N–H and O–H groups in total. The van der Waals surface area contributed by atoms with Crippen molar-refractivity contribution in [3.63, 3.8) is 0 Å². The topological polar surface area (TPSA) is 48.7 Å². The van der Waals surface area contributed by atoms with Crippen molar-refractivity contribution in [2.75, 3.05) is 33.2 Å². The zero-order valence-electron chi connectivity index (χ0n) is 13.7. The Balaban J connectivity index is 1.54. The molecule has 2 saturated heterocycles. The van der Waals surface area contributed by atoms with Gasteiger partial charge in [-0.15, -0.1) is 0 Å². The van der Waals surface area contributed by atoms with Gasteiger partial charge in [0.1, 0.15) is 0 Å². The fourth-order valence-electron chi connectivity index (χ4n) is 4.53. The van der Waals surface area contributed by atoms with Crippen molar-refractivity contribution in [1.82, 2.24) is 14.4 Å². The first kappa shape index (κ1) is 14.7. The van der Waals surface area contributed by atoms with Gasteiger partial charge < -0.3 is 14.6 Å². The number of benzene rings is 1. The first-order valence-corrected chi connectivity index (χ1v) is 8.16. The minimum atomic E-state index is -0.632. The molecule has 0 radical (unpaired) electrons. The monoisotopic (exact) mass is 313 g/mol. The molecule has 5 heteroatoms. The summed E-state index contributed by atoms with van der Waals surface area (Å²) >= 11 is 0. The Kier molecular flexibility index (Phi) is 3.25. The molecule has 0 amide bonds. The molecule has 122 valence electrons. The Morgan fingerprint density at radius 2 is 2.09 bits per heavy atom. The van der Waals surface area contributed by atoms with Gasteiger partial charge in [0, 0.05) is 57.4 Å². The smallest absolute Gasteiger partial charge is 0.312 e. The van der Waals surface area contributed by atoms with E-state index in [-0.39, 0.29) is 5.92 Å². The van der Waals surface area contributed by atoms with Gasteiger partial charge >= 0.3 is 5.97 Å². The molecule has 0 bridgehead atoms. The van der Waals surface area contributed by atoms with Crippen molar-refractivity contribution in [2.45, 2.75) is 6.54 Å². The highest BCUT2D eigenvalue weighted by atomic mass is 16.4. The number of carboxylic acid groups (broad SMARTS) is 1. The number of hydrogen-bond acceptors (Lipinski definition) is 3. The van der Waals surface area contributed by atoms with Crippen LogP contribution >= 0.6 is 0 Å². The predicted octanol–water partition coefficient (Wildman–Crippen LogP) is 1.63. The second-order valence-corrected chi connectivity index (χ2v) is 7.34. The summed E-state index contributed by atoms with van der Waals surface area (Å²) < 4.78 is 2.12. The van der Waals surface area contributed by atoms with E-state index in [4.69, 9.17) is 0 Å². The van der Waals surface area contributed by atoms with Crippen LogP contribution in [0.3, 0.4) is 0 Å². The van der Waals surface area contributed by atoms with Gasteiger partial charge in [-0.3, -0.25) is 9.69 Å². The summed E-state index contributed by atoms with van der Waals surface area (Å²) in [6, 6.07) is 8.67. The molecule has 0 unspecified atom stereocenters. The second kappa shape index (κ2) is 5.08. The molecule has 2 fully saturated rings. The standard InChI is InChI=1S/C18H23N3O2/c1-19-9-15-10-21(12-18(15,11-19)17(22)23)8-13-3-4-16-14(7-13)5-6-20(16)2/h3-7,15H,8-12H2,1-2H3,(H,22,23)/t15-,18-/m1/s1. The molecule has 4 rings (SSSR count). The Morgan fingerprint density at radius 3 is 2.83 bits per heavy atom. The highest BCUT2D eigenvalue weighted by Gasteiger charge is 2.56. The third-order valence-electron chi connectivity index (χ3n) is 5.63. The SMILES string of the molecule is CN1C[C@@H]2CN(Cc3ccc4c(ccn4C)c3)C[C@]2(C(=O)O)C1. The van der Waals surface area contributed by atoms with Crippen LogP contribution in [0.15, 0.2) is 30.5 Å². The minimum Gasteiger partial charge on any atom is -0.481 e. The molecular weight excluding hydrogens is 290 g/mol. The lowest BCUT2D eigenvalue weighted by Gasteiger charge is -2.24. The molecule has 2 aromatic rings.